The van der Waals surface area contributed by atoms with Crippen LogP contribution in [0.4, 0.5) is 11.4 Å². The van der Waals surface area contributed by atoms with Gasteiger partial charge < -0.3 is 16.4 Å². The lowest BCUT2D eigenvalue weighted by Gasteiger charge is -2.12. The van der Waals surface area contributed by atoms with Gasteiger partial charge in [-0.05, 0) is 37.1 Å². The van der Waals surface area contributed by atoms with Crippen molar-refractivity contribution in [2.24, 2.45) is 11.7 Å². The van der Waals surface area contributed by atoms with Gasteiger partial charge in [0.2, 0.25) is 11.8 Å². The summed E-state index contributed by atoms with van der Waals surface area (Å²) in [5.41, 5.74) is 7.82. The van der Waals surface area contributed by atoms with Gasteiger partial charge in [0.25, 0.3) is 0 Å². The minimum Gasteiger partial charge on any atom is -0.330 e. The molecule has 0 fully saturated rings. The first kappa shape index (κ1) is 15.2. The standard InChI is InChI=1S/C14H21N3O2/c1-9(8-15)6-14(19)17-13-7-12(16-11(3)18)5-4-10(13)2/h4-5,7,9H,6,8,15H2,1-3H3,(H,16,18)(H,17,19). The summed E-state index contributed by atoms with van der Waals surface area (Å²) in [6.07, 6.45) is 0.389. The molecular weight excluding hydrogens is 242 g/mol. The van der Waals surface area contributed by atoms with Crippen molar-refractivity contribution in [3.05, 3.63) is 23.8 Å². The van der Waals surface area contributed by atoms with E-state index in [4.69, 9.17) is 5.73 Å². The van der Waals surface area contributed by atoms with Gasteiger partial charge >= 0.3 is 0 Å². The molecule has 19 heavy (non-hydrogen) atoms. The first-order valence-corrected chi connectivity index (χ1v) is 6.30. The smallest absolute Gasteiger partial charge is 0.224 e. The predicted octanol–water partition coefficient (Wildman–Crippen LogP) is 1.88. The van der Waals surface area contributed by atoms with Crippen LogP contribution in [-0.4, -0.2) is 18.4 Å². The van der Waals surface area contributed by atoms with E-state index in [2.05, 4.69) is 10.6 Å². The lowest BCUT2D eigenvalue weighted by molar-refractivity contribution is -0.117. The Kier molecular flexibility index (Phi) is 5.51. The Morgan fingerprint density at radius 2 is 2.00 bits per heavy atom. The van der Waals surface area contributed by atoms with Crippen LogP contribution in [0.3, 0.4) is 0 Å². The summed E-state index contributed by atoms with van der Waals surface area (Å²) < 4.78 is 0. The second-order valence-electron chi connectivity index (χ2n) is 4.80. The van der Waals surface area contributed by atoms with Crippen LogP contribution in [0.15, 0.2) is 18.2 Å². The third-order valence-electron chi connectivity index (χ3n) is 2.77. The van der Waals surface area contributed by atoms with E-state index < -0.39 is 0 Å². The van der Waals surface area contributed by atoms with Gasteiger partial charge in [-0.15, -0.1) is 0 Å². The predicted molar refractivity (Wildman–Crippen MR) is 76.9 cm³/mol. The fourth-order valence-electron chi connectivity index (χ4n) is 1.64. The summed E-state index contributed by atoms with van der Waals surface area (Å²) in [5, 5.41) is 5.53. The van der Waals surface area contributed by atoms with Gasteiger partial charge in [0, 0.05) is 24.7 Å². The Morgan fingerprint density at radius 1 is 1.32 bits per heavy atom. The fourth-order valence-corrected chi connectivity index (χ4v) is 1.64. The van der Waals surface area contributed by atoms with Crippen LogP contribution < -0.4 is 16.4 Å². The lowest BCUT2D eigenvalue weighted by Crippen LogP contribution is -2.20. The van der Waals surface area contributed by atoms with Gasteiger partial charge in [-0.3, -0.25) is 9.59 Å². The molecule has 0 heterocycles. The number of nitrogens with two attached hydrogens (primary N) is 1. The van der Waals surface area contributed by atoms with Crippen LogP contribution in [0.5, 0.6) is 0 Å². The van der Waals surface area contributed by atoms with E-state index in [1.165, 1.54) is 6.92 Å². The summed E-state index contributed by atoms with van der Waals surface area (Å²) in [7, 11) is 0. The first-order valence-electron chi connectivity index (χ1n) is 6.30. The van der Waals surface area contributed by atoms with Gasteiger partial charge in [-0.2, -0.15) is 0 Å². The molecule has 0 aliphatic heterocycles. The number of rotatable bonds is 5. The number of hydrogen-bond donors (Lipinski definition) is 3. The van der Waals surface area contributed by atoms with E-state index in [1.54, 1.807) is 12.1 Å². The number of carbonyl (C=O) groups is 2. The van der Waals surface area contributed by atoms with Gasteiger partial charge in [0.05, 0.1) is 0 Å². The first-order chi connectivity index (χ1) is 8.92. The van der Waals surface area contributed by atoms with Crippen molar-refractivity contribution in [2.75, 3.05) is 17.2 Å². The van der Waals surface area contributed by atoms with Crippen LogP contribution in [0.2, 0.25) is 0 Å². The second kappa shape index (κ2) is 6.89. The molecule has 4 N–H and O–H groups in total. The molecule has 5 heteroatoms. The molecule has 1 rings (SSSR count). The highest BCUT2D eigenvalue weighted by Gasteiger charge is 2.09. The Labute approximate surface area is 113 Å². The highest BCUT2D eigenvalue weighted by atomic mass is 16.2. The molecule has 104 valence electrons. The van der Waals surface area contributed by atoms with E-state index in [0.29, 0.717) is 24.3 Å². The van der Waals surface area contributed by atoms with Crippen molar-refractivity contribution < 1.29 is 9.59 Å². The highest BCUT2D eigenvalue weighted by Crippen LogP contribution is 2.20. The average Bonchev–Trinajstić information content (AvgIpc) is 2.32. The van der Waals surface area contributed by atoms with Crippen LogP contribution in [0.25, 0.3) is 0 Å². The van der Waals surface area contributed by atoms with Crippen molar-refractivity contribution in [1.82, 2.24) is 0 Å². The number of aryl methyl sites for hydroxylation is 1. The van der Waals surface area contributed by atoms with Crippen molar-refractivity contribution >= 4 is 23.2 Å². The molecule has 0 aromatic heterocycles. The molecule has 0 radical (unpaired) electrons. The number of carbonyl (C=O) groups excluding carboxylic acids is 2. The molecule has 0 spiro atoms. The molecule has 1 aromatic carbocycles. The van der Waals surface area contributed by atoms with Crippen LogP contribution in [-0.2, 0) is 9.59 Å². The molecule has 2 amide bonds. The number of anilines is 2. The summed E-state index contributed by atoms with van der Waals surface area (Å²) >= 11 is 0. The Bertz CT molecular complexity index is 472. The minimum absolute atomic E-state index is 0.0685. The Morgan fingerprint density at radius 3 is 2.58 bits per heavy atom. The van der Waals surface area contributed by atoms with Crippen molar-refractivity contribution in [3.63, 3.8) is 0 Å². The van der Waals surface area contributed by atoms with Gasteiger partial charge in [0.1, 0.15) is 0 Å². The van der Waals surface area contributed by atoms with Crippen LogP contribution in [0, 0.1) is 12.8 Å². The third kappa shape index (κ3) is 5.09. The van der Waals surface area contributed by atoms with Crippen molar-refractivity contribution in [1.29, 1.82) is 0 Å². The summed E-state index contributed by atoms with van der Waals surface area (Å²) in [6.45, 7) is 5.76. The van der Waals surface area contributed by atoms with Crippen molar-refractivity contribution in [3.8, 4) is 0 Å². The van der Waals surface area contributed by atoms with E-state index in [1.807, 2.05) is 19.9 Å². The van der Waals surface area contributed by atoms with Gasteiger partial charge in [-0.25, -0.2) is 0 Å². The summed E-state index contributed by atoms with van der Waals surface area (Å²) in [4.78, 5) is 22.8. The number of benzene rings is 1. The SMILES string of the molecule is CC(=O)Nc1ccc(C)c(NC(=O)CC(C)CN)c1. The quantitative estimate of drug-likeness (QED) is 0.758. The van der Waals surface area contributed by atoms with Crippen molar-refractivity contribution in [2.45, 2.75) is 27.2 Å². The van der Waals surface area contributed by atoms with Gasteiger partial charge in [-0.1, -0.05) is 13.0 Å². The minimum atomic E-state index is -0.141. The molecule has 0 aliphatic rings. The molecule has 0 aliphatic carbocycles. The normalized spacial score (nSPS) is 11.8. The molecule has 0 saturated heterocycles. The molecule has 0 bridgehead atoms. The number of nitrogens with one attached hydrogen (secondary N) is 2. The second-order valence-corrected chi connectivity index (χ2v) is 4.80. The molecule has 1 aromatic rings. The van der Waals surface area contributed by atoms with E-state index in [0.717, 1.165) is 5.56 Å². The molecule has 1 unspecified atom stereocenters. The molecule has 5 nitrogen and oxygen atoms in total. The Balaban J connectivity index is 2.76. The molecule has 1 atom stereocenters. The highest BCUT2D eigenvalue weighted by molar-refractivity contribution is 5.94. The summed E-state index contributed by atoms with van der Waals surface area (Å²) in [5.74, 6) is -0.0576. The number of amides is 2. The van der Waals surface area contributed by atoms with E-state index >= 15 is 0 Å². The van der Waals surface area contributed by atoms with Gasteiger partial charge in [0.15, 0.2) is 0 Å². The molecule has 0 saturated carbocycles. The van der Waals surface area contributed by atoms with Crippen LogP contribution in [0.1, 0.15) is 25.8 Å². The molecular formula is C14H21N3O2. The third-order valence-corrected chi connectivity index (χ3v) is 2.77. The summed E-state index contributed by atoms with van der Waals surface area (Å²) in [6, 6.07) is 5.41. The zero-order chi connectivity index (χ0) is 14.4. The zero-order valence-electron chi connectivity index (χ0n) is 11.6. The average molecular weight is 263 g/mol. The largest absolute Gasteiger partial charge is 0.330 e. The Hall–Kier alpha value is -1.88. The van der Waals surface area contributed by atoms with Crippen LogP contribution >= 0.6 is 0 Å². The monoisotopic (exact) mass is 263 g/mol. The van der Waals surface area contributed by atoms with E-state index in [9.17, 15) is 9.59 Å². The maximum atomic E-state index is 11.8. The fraction of sp³-hybridized carbons (Fsp3) is 0.429. The zero-order valence-corrected chi connectivity index (χ0v) is 11.6. The number of hydrogen-bond acceptors (Lipinski definition) is 3. The van der Waals surface area contributed by atoms with E-state index in [-0.39, 0.29) is 17.7 Å². The topological polar surface area (TPSA) is 84.2 Å². The maximum absolute atomic E-state index is 11.8. The maximum Gasteiger partial charge on any atom is 0.224 e. The lowest BCUT2D eigenvalue weighted by atomic mass is 10.1.